The number of hydrogen-bond donors (Lipinski definition) is 2. The number of benzene rings is 2. The Balaban J connectivity index is 1.86. The minimum Gasteiger partial charge on any atom is -0.327 e. The van der Waals surface area contributed by atoms with Gasteiger partial charge in [0.05, 0.1) is 11.7 Å². The van der Waals surface area contributed by atoms with Crippen LogP contribution >= 0.6 is 0 Å². The fraction of sp³-hybridized carbons (Fsp3) is 0.167. The molecule has 3 nitrogen and oxygen atoms in total. The summed E-state index contributed by atoms with van der Waals surface area (Å²) < 4.78 is 13.5. The van der Waals surface area contributed by atoms with E-state index in [1.54, 1.807) is 6.07 Å². The van der Waals surface area contributed by atoms with Gasteiger partial charge in [-0.05, 0) is 41.7 Å². The van der Waals surface area contributed by atoms with Gasteiger partial charge in [-0.1, -0.05) is 36.4 Å². The van der Waals surface area contributed by atoms with Crippen LogP contribution in [0.1, 0.15) is 29.2 Å². The van der Waals surface area contributed by atoms with Crippen LogP contribution in [-0.2, 0) is 6.42 Å². The van der Waals surface area contributed by atoms with E-state index >= 15 is 0 Å². The van der Waals surface area contributed by atoms with Gasteiger partial charge in [0.1, 0.15) is 5.82 Å². The van der Waals surface area contributed by atoms with Crippen molar-refractivity contribution in [1.82, 2.24) is 10.6 Å². The molecule has 22 heavy (non-hydrogen) atoms. The molecule has 0 saturated heterocycles. The van der Waals surface area contributed by atoms with E-state index in [-0.39, 0.29) is 17.9 Å². The van der Waals surface area contributed by atoms with Crippen molar-refractivity contribution in [2.24, 2.45) is 0 Å². The molecule has 0 spiro atoms. The average Bonchev–Trinajstić information content (AvgIpc) is 2.54. The summed E-state index contributed by atoms with van der Waals surface area (Å²) in [7, 11) is 0. The molecule has 2 N–H and O–H groups in total. The van der Waals surface area contributed by atoms with Crippen LogP contribution in [0.2, 0.25) is 0 Å². The van der Waals surface area contributed by atoms with Gasteiger partial charge in [0, 0.05) is 5.56 Å². The van der Waals surface area contributed by atoms with Crippen molar-refractivity contribution in [3.8, 4) is 0 Å². The molecule has 4 heteroatoms. The number of hydrogen-bond acceptors (Lipinski definition) is 1. The third-order valence-electron chi connectivity index (χ3n) is 4.32. The second-order valence-corrected chi connectivity index (χ2v) is 5.64. The lowest BCUT2D eigenvalue weighted by atomic mass is 9.83. The van der Waals surface area contributed by atoms with Gasteiger partial charge in [-0.15, -0.1) is 0 Å². The van der Waals surface area contributed by atoms with Gasteiger partial charge in [0.15, 0.2) is 0 Å². The highest BCUT2D eigenvalue weighted by Crippen LogP contribution is 2.38. The summed E-state index contributed by atoms with van der Waals surface area (Å²) in [6.45, 7) is 0. The van der Waals surface area contributed by atoms with Crippen LogP contribution in [-0.4, -0.2) is 6.03 Å². The van der Waals surface area contributed by atoms with Crippen molar-refractivity contribution in [2.75, 3.05) is 0 Å². The van der Waals surface area contributed by atoms with Crippen LogP contribution in [0, 0.1) is 5.82 Å². The Morgan fingerprint density at radius 1 is 1.05 bits per heavy atom. The minimum absolute atomic E-state index is 0.246. The number of halogens is 1. The van der Waals surface area contributed by atoms with Crippen molar-refractivity contribution < 1.29 is 9.18 Å². The van der Waals surface area contributed by atoms with Crippen LogP contribution in [0.5, 0.6) is 0 Å². The predicted octanol–water partition coefficient (Wildman–Crippen LogP) is 3.54. The molecule has 0 aromatic heterocycles. The number of carbonyl (C=O) groups excluding carboxylic acids is 1. The molecule has 110 valence electrons. The molecule has 0 radical (unpaired) electrons. The zero-order valence-corrected chi connectivity index (χ0v) is 11.9. The SMILES string of the molecule is O=C1NC2=C(CCc3ccccc32)[C@H](c2cccc(F)c2)N1. The maximum atomic E-state index is 13.5. The third-order valence-corrected chi connectivity index (χ3v) is 4.32. The fourth-order valence-electron chi connectivity index (χ4n) is 3.32. The maximum Gasteiger partial charge on any atom is 0.319 e. The van der Waals surface area contributed by atoms with Crippen molar-refractivity contribution in [3.05, 3.63) is 76.6 Å². The number of fused-ring (bicyclic) bond motifs is 2. The molecular weight excluding hydrogens is 279 g/mol. The van der Waals surface area contributed by atoms with E-state index in [0.717, 1.165) is 35.2 Å². The first-order valence-corrected chi connectivity index (χ1v) is 7.36. The smallest absolute Gasteiger partial charge is 0.319 e. The van der Waals surface area contributed by atoms with E-state index in [1.165, 1.54) is 17.7 Å². The fourth-order valence-corrected chi connectivity index (χ4v) is 3.32. The Bertz CT molecular complexity index is 797. The molecule has 2 aromatic rings. The highest BCUT2D eigenvalue weighted by Gasteiger charge is 2.31. The molecule has 4 rings (SSSR count). The molecule has 0 unspecified atom stereocenters. The van der Waals surface area contributed by atoms with Gasteiger partial charge >= 0.3 is 6.03 Å². The predicted molar refractivity (Wildman–Crippen MR) is 82.5 cm³/mol. The van der Waals surface area contributed by atoms with E-state index in [9.17, 15) is 9.18 Å². The Labute approximate surface area is 127 Å². The first-order chi connectivity index (χ1) is 10.7. The largest absolute Gasteiger partial charge is 0.327 e. The molecule has 0 saturated carbocycles. The standard InChI is InChI=1S/C18H15FN2O/c19-13-6-3-5-12(10-13)16-15-9-8-11-4-1-2-7-14(11)17(15)21-18(22)20-16/h1-7,10,16H,8-9H2,(H2,20,21,22)/t16-/m0/s1. The summed E-state index contributed by atoms with van der Waals surface area (Å²) in [5.74, 6) is -0.288. The Kier molecular flexibility index (Phi) is 2.96. The van der Waals surface area contributed by atoms with Gasteiger partial charge in [-0.2, -0.15) is 0 Å². The summed E-state index contributed by atoms with van der Waals surface area (Å²) >= 11 is 0. The van der Waals surface area contributed by atoms with Gasteiger partial charge in [0.25, 0.3) is 0 Å². The van der Waals surface area contributed by atoms with Crippen LogP contribution in [0.4, 0.5) is 9.18 Å². The summed E-state index contributed by atoms with van der Waals surface area (Å²) in [6.07, 6.45) is 1.78. The number of urea groups is 1. The number of rotatable bonds is 1. The summed E-state index contributed by atoms with van der Waals surface area (Å²) in [5.41, 5.74) is 5.08. The molecule has 0 bridgehead atoms. The first-order valence-electron chi connectivity index (χ1n) is 7.36. The van der Waals surface area contributed by atoms with Gasteiger partial charge in [-0.25, -0.2) is 9.18 Å². The van der Waals surface area contributed by atoms with Gasteiger partial charge in [-0.3, -0.25) is 0 Å². The molecule has 1 heterocycles. The maximum absolute atomic E-state index is 13.5. The minimum atomic E-state index is -0.288. The van der Waals surface area contributed by atoms with E-state index in [2.05, 4.69) is 16.7 Å². The number of carbonyl (C=O) groups is 1. The summed E-state index contributed by atoms with van der Waals surface area (Å²) in [5, 5.41) is 5.84. The molecule has 1 aliphatic heterocycles. The molecule has 2 aliphatic rings. The van der Waals surface area contributed by atoms with E-state index in [0.29, 0.717) is 0 Å². The topological polar surface area (TPSA) is 41.1 Å². The first kappa shape index (κ1) is 13.1. The zero-order valence-electron chi connectivity index (χ0n) is 11.9. The second kappa shape index (κ2) is 4.98. The number of aryl methyl sites for hydroxylation is 1. The van der Waals surface area contributed by atoms with Gasteiger partial charge in [0.2, 0.25) is 0 Å². The molecule has 1 atom stereocenters. The second-order valence-electron chi connectivity index (χ2n) is 5.64. The van der Waals surface area contributed by atoms with Crippen molar-refractivity contribution in [3.63, 3.8) is 0 Å². The van der Waals surface area contributed by atoms with Crippen LogP contribution < -0.4 is 10.6 Å². The van der Waals surface area contributed by atoms with Gasteiger partial charge < -0.3 is 10.6 Å². The van der Waals surface area contributed by atoms with Crippen LogP contribution in [0.3, 0.4) is 0 Å². The normalized spacial score (nSPS) is 19.9. The lowest BCUT2D eigenvalue weighted by molar-refractivity contribution is 0.240. The molecule has 0 fully saturated rings. The molecular formula is C18H15FN2O. The van der Waals surface area contributed by atoms with Crippen LogP contribution in [0.15, 0.2) is 54.1 Å². The number of amides is 2. The third kappa shape index (κ3) is 2.08. The Hall–Kier alpha value is -2.62. The Morgan fingerprint density at radius 2 is 1.91 bits per heavy atom. The lowest BCUT2D eigenvalue weighted by Gasteiger charge is -2.34. The highest BCUT2D eigenvalue weighted by atomic mass is 19.1. The summed E-state index contributed by atoms with van der Waals surface area (Å²) in [4.78, 5) is 12.0. The van der Waals surface area contributed by atoms with E-state index in [4.69, 9.17) is 0 Å². The lowest BCUT2D eigenvalue weighted by Crippen LogP contribution is -2.44. The Morgan fingerprint density at radius 3 is 2.77 bits per heavy atom. The quantitative estimate of drug-likeness (QED) is 0.830. The molecule has 2 amide bonds. The van der Waals surface area contributed by atoms with Crippen molar-refractivity contribution >= 4 is 11.7 Å². The zero-order chi connectivity index (χ0) is 15.1. The summed E-state index contributed by atoms with van der Waals surface area (Å²) in [6, 6.07) is 14.0. The van der Waals surface area contributed by atoms with E-state index < -0.39 is 0 Å². The monoisotopic (exact) mass is 294 g/mol. The number of nitrogens with one attached hydrogen (secondary N) is 2. The van der Waals surface area contributed by atoms with Crippen molar-refractivity contribution in [2.45, 2.75) is 18.9 Å². The average molecular weight is 294 g/mol. The molecule has 2 aromatic carbocycles. The highest BCUT2D eigenvalue weighted by molar-refractivity contribution is 5.91. The van der Waals surface area contributed by atoms with Crippen molar-refractivity contribution in [1.29, 1.82) is 0 Å². The van der Waals surface area contributed by atoms with E-state index in [1.807, 2.05) is 24.3 Å². The van der Waals surface area contributed by atoms with Crippen LogP contribution in [0.25, 0.3) is 5.70 Å². The molecule has 1 aliphatic carbocycles.